The van der Waals surface area contributed by atoms with Gasteiger partial charge in [0.1, 0.15) is 0 Å². The molecule has 0 amide bonds. The summed E-state index contributed by atoms with van der Waals surface area (Å²) in [7, 11) is 0. The molecule has 0 bridgehead atoms. The van der Waals surface area contributed by atoms with Crippen molar-refractivity contribution in [1.29, 1.82) is 0 Å². The molecule has 0 saturated heterocycles. The summed E-state index contributed by atoms with van der Waals surface area (Å²) < 4.78 is 0. The number of hydrogen-bond donors (Lipinski definition) is 0. The second-order valence-corrected chi connectivity index (χ2v) is 5.93. The Bertz CT molecular complexity index is 322. The van der Waals surface area contributed by atoms with Gasteiger partial charge < -0.3 is 4.90 Å². The molecule has 0 N–H and O–H groups in total. The number of benzene rings is 1. The highest BCUT2D eigenvalue weighted by atomic mass is 15.1. The molecule has 0 heterocycles. The average molecular weight is 233 g/mol. The molecule has 0 aromatic heterocycles. The Balaban J connectivity index is 3.03. The maximum absolute atomic E-state index is 2.56. The normalized spacial score (nSPS) is 11.3. The Labute approximate surface area is 107 Å². The third-order valence-electron chi connectivity index (χ3n) is 2.93. The number of hydrogen-bond acceptors (Lipinski definition) is 1. The van der Waals surface area contributed by atoms with Gasteiger partial charge in [0.2, 0.25) is 0 Å². The van der Waals surface area contributed by atoms with E-state index < -0.39 is 0 Å². The van der Waals surface area contributed by atoms with Crippen LogP contribution in [-0.2, 0) is 0 Å². The third kappa shape index (κ3) is 4.07. The van der Waals surface area contributed by atoms with E-state index in [9.17, 15) is 0 Å². The lowest BCUT2D eigenvalue weighted by Crippen LogP contribution is -2.32. The zero-order valence-corrected chi connectivity index (χ0v) is 12.2. The smallest absolute Gasteiger partial charge is 0.0425 e. The van der Waals surface area contributed by atoms with Gasteiger partial charge in [-0.3, -0.25) is 0 Å². The van der Waals surface area contributed by atoms with E-state index in [0.717, 1.165) is 13.1 Å². The van der Waals surface area contributed by atoms with Gasteiger partial charge in [-0.05, 0) is 36.8 Å². The standard InChI is InChI=1S/C16H27N/c1-12(2)10-17(11-13(3)4)16-14(5)8-7-9-15(16)6/h7-9,12-13H,10-11H2,1-6H3. The van der Waals surface area contributed by atoms with E-state index in [1.165, 1.54) is 16.8 Å². The Morgan fingerprint density at radius 1 is 0.882 bits per heavy atom. The zero-order valence-electron chi connectivity index (χ0n) is 12.2. The van der Waals surface area contributed by atoms with Crippen molar-refractivity contribution >= 4 is 5.69 Å². The second kappa shape index (κ2) is 6.09. The molecule has 0 aliphatic rings. The van der Waals surface area contributed by atoms with Crippen LogP contribution in [0.1, 0.15) is 38.8 Å². The van der Waals surface area contributed by atoms with E-state index in [1.54, 1.807) is 0 Å². The van der Waals surface area contributed by atoms with Gasteiger partial charge in [0, 0.05) is 18.8 Å². The quantitative estimate of drug-likeness (QED) is 0.727. The fourth-order valence-electron chi connectivity index (χ4n) is 2.44. The summed E-state index contributed by atoms with van der Waals surface area (Å²) in [6.45, 7) is 15.9. The first-order chi connectivity index (χ1) is 7.91. The molecule has 0 spiro atoms. The Morgan fingerprint density at radius 2 is 1.29 bits per heavy atom. The van der Waals surface area contributed by atoms with Crippen LogP contribution in [0, 0.1) is 25.7 Å². The molecule has 0 saturated carbocycles. The Kier molecular flexibility index (Phi) is 5.04. The summed E-state index contributed by atoms with van der Waals surface area (Å²) in [6, 6.07) is 6.59. The molecule has 0 unspecified atom stereocenters. The van der Waals surface area contributed by atoms with Gasteiger partial charge in [0.05, 0.1) is 0 Å². The van der Waals surface area contributed by atoms with Crippen molar-refractivity contribution < 1.29 is 0 Å². The van der Waals surface area contributed by atoms with Crippen LogP contribution in [0.3, 0.4) is 0 Å². The van der Waals surface area contributed by atoms with Gasteiger partial charge in [-0.15, -0.1) is 0 Å². The minimum Gasteiger partial charge on any atom is -0.371 e. The van der Waals surface area contributed by atoms with Gasteiger partial charge in [-0.25, -0.2) is 0 Å². The van der Waals surface area contributed by atoms with Crippen molar-refractivity contribution in [3.05, 3.63) is 29.3 Å². The molecular formula is C16H27N. The summed E-state index contributed by atoms with van der Waals surface area (Å²) in [5.74, 6) is 1.40. The molecule has 17 heavy (non-hydrogen) atoms. The van der Waals surface area contributed by atoms with Gasteiger partial charge in [-0.1, -0.05) is 45.9 Å². The van der Waals surface area contributed by atoms with Crippen LogP contribution in [0.4, 0.5) is 5.69 Å². The Hall–Kier alpha value is -0.980. The second-order valence-electron chi connectivity index (χ2n) is 5.93. The first-order valence-corrected chi connectivity index (χ1v) is 6.73. The summed E-state index contributed by atoms with van der Waals surface area (Å²) in [6.07, 6.45) is 0. The molecule has 1 aromatic rings. The highest BCUT2D eigenvalue weighted by Gasteiger charge is 2.14. The monoisotopic (exact) mass is 233 g/mol. The highest BCUT2D eigenvalue weighted by Crippen LogP contribution is 2.26. The first kappa shape index (κ1) is 14.1. The van der Waals surface area contributed by atoms with E-state index in [-0.39, 0.29) is 0 Å². The maximum Gasteiger partial charge on any atom is 0.0425 e. The van der Waals surface area contributed by atoms with Crippen LogP contribution >= 0.6 is 0 Å². The lowest BCUT2D eigenvalue weighted by atomic mass is 10.0. The van der Waals surface area contributed by atoms with Gasteiger partial charge >= 0.3 is 0 Å². The lowest BCUT2D eigenvalue weighted by molar-refractivity contribution is 0.551. The minimum atomic E-state index is 0.702. The summed E-state index contributed by atoms with van der Waals surface area (Å²) >= 11 is 0. The van der Waals surface area contributed by atoms with Crippen molar-refractivity contribution in [3.8, 4) is 0 Å². The number of nitrogens with zero attached hydrogens (tertiary/aromatic N) is 1. The molecule has 1 heteroatoms. The highest BCUT2D eigenvalue weighted by molar-refractivity contribution is 5.58. The Morgan fingerprint density at radius 3 is 1.65 bits per heavy atom. The SMILES string of the molecule is Cc1cccc(C)c1N(CC(C)C)CC(C)C. The van der Waals surface area contributed by atoms with Crippen LogP contribution in [0.15, 0.2) is 18.2 Å². The first-order valence-electron chi connectivity index (χ1n) is 6.73. The van der Waals surface area contributed by atoms with Gasteiger partial charge in [0.15, 0.2) is 0 Å². The van der Waals surface area contributed by atoms with Crippen molar-refractivity contribution in [2.45, 2.75) is 41.5 Å². The molecule has 0 aliphatic carbocycles. The molecule has 0 radical (unpaired) electrons. The lowest BCUT2D eigenvalue weighted by Gasteiger charge is -2.31. The largest absolute Gasteiger partial charge is 0.371 e. The van der Waals surface area contributed by atoms with Crippen LogP contribution < -0.4 is 4.90 Å². The molecular weight excluding hydrogens is 206 g/mol. The van der Waals surface area contributed by atoms with Crippen LogP contribution in [0.5, 0.6) is 0 Å². The van der Waals surface area contributed by atoms with Crippen LogP contribution in [-0.4, -0.2) is 13.1 Å². The molecule has 1 rings (SSSR count). The van der Waals surface area contributed by atoms with Crippen molar-refractivity contribution in [1.82, 2.24) is 0 Å². The van der Waals surface area contributed by atoms with Crippen molar-refractivity contribution in [2.24, 2.45) is 11.8 Å². The fourth-order valence-corrected chi connectivity index (χ4v) is 2.44. The van der Waals surface area contributed by atoms with Crippen molar-refractivity contribution in [2.75, 3.05) is 18.0 Å². The number of aryl methyl sites for hydroxylation is 2. The molecule has 1 nitrogen and oxygen atoms in total. The molecule has 0 fully saturated rings. The van der Waals surface area contributed by atoms with E-state index >= 15 is 0 Å². The van der Waals surface area contributed by atoms with Crippen LogP contribution in [0.25, 0.3) is 0 Å². The van der Waals surface area contributed by atoms with Crippen LogP contribution in [0.2, 0.25) is 0 Å². The summed E-state index contributed by atoms with van der Waals surface area (Å²) in [4.78, 5) is 2.56. The van der Waals surface area contributed by atoms with Gasteiger partial charge in [-0.2, -0.15) is 0 Å². The molecule has 1 aromatic carbocycles. The predicted octanol–water partition coefficient (Wildman–Crippen LogP) is 4.42. The maximum atomic E-state index is 2.56. The summed E-state index contributed by atoms with van der Waals surface area (Å²) in [5, 5.41) is 0. The molecule has 0 aliphatic heterocycles. The van der Waals surface area contributed by atoms with E-state index in [0.29, 0.717) is 11.8 Å². The minimum absolute atomic E-state index is 0.702. The van der Waals surface area contributed by atoms with E-state index in [1.807, 2.05) is 0 Å². The average Bonchev–Trinajstić information content (AvgIpc) is 2.14. The molecule has 0 atom stereocenters. The topological polar surface area (TPSA) is 3.24 Å². The molecule has 96 valence electrons. The van der Waals surface area contributed by atoms with E-state index in [2.05, 4.69) is 64.6 Å². The van der Waals surface area contributed by atoms with Crippen molar-refractivity contribution in [3.63, 3.8) is 0 Å². The predicted molar refractivity (Wildman–Crippen MR) is 77.8 cm³/mol. The van der Waals surface area contributed by atoms with E-state index in [4.69, 9.17) is 0 Å². The zero-order chi connectivity index (χ0) is 13.0. The number of para-hydroxylation sites is 1. The number of anilines is 1. The fraction of sp³-hybridized carbons (Fsp3) is 0.625. The third-order valence-corrected chi connectivity index (χ3v) is 2.93. The number of rotatable bonds is 5. The summed E-state index contributed by atoms with van der Waals surface area (Å²) in [5.41, 5.74) is 4.23. The van der Waals surface area contributed by atoms with Gasteiger partial charge in [0.25, 0.3) is 0 Å².